The van der Waals surface area contributed by atoms with Crippen LogP contribution in [0.2, 0.25) is 0 Å². The molecule has 1 saturated heterocycles. The Kier molecular flexibility index (Phi) is 4.09. The maximum absolute atomic E-state index is 13.3. The molecule has 0 spiro atoms. The van der Waals surface area contributed by atoms with Crippen LogP contribution in [0.3, 0.4) is 0 Å². The van der Waals surface area contributed by atoms with E-state index in [9.17, 15) is 9.18 Å². The number of hydrogen-bond donors (Lipinski definition) is 1. The third kappa shape index (κ3) is 3.27. The van der Waals surface area contributed by atoms with Crippen LogP contribution >= 0.6 is 0 Å². The number of hydrogen-bond acceptors (Lipinski definition) is 2. The average Bonchev–Trinajstić information content (AvgIpc) is 2.38. The van der Waals surface area contributed by atoms with Crippen LogP contribution in [0.4, 0.5) is 4.39 Å². The Labute approximate surface area is 100.0 Å². The Bertz CT molecular complexity index is 389. The summed E-state index contributed by atoms with van der Waals surface area (Å²) in [4.78, 5) is 11.7. The van der Waals surface area contributed by atoms with Crippen molar-refractivity contribution in [3.05, 3.63) is 35.6 Å². The minimum Gasteiger partial charge on any atom is -0.381 e. The molecule has 0 saturated carbocycles. The van der Waals surface area contributed by atoms with Crippen LogP contribution in [0, 0.1) is 11.7 Å². The predicted molar refractivity (Wildman–Crippen MR) is 62.3 cm³/mol. The normalized spacial score (nSPS) is 16.8. The van der Waals surface area contributed by atoms with E-state index in [0.717, 1.165) is 26.1 Å². The molecular weight excluding hydrogens is 221 g/mol. The highest BCUT2D eigenvalue weighted by atomic mass is 19.1. The first kappa shape index (κ1) is 12.0. The van der Waals surface area contributed by atoms with Crippen LogP contribution in [0.1, 0.15) is 23.2 Å². The van der Waals surface area contributed by atoms with Gasteiger partial charge in [-0.3, -0.25) is 4.79 Å². The quantitative estimate of drug-likeness (QED) is 0.873. The highest BCUT2D eigenvalue weighted by Crippen LogP contribution is 2.13. The maximum atomic E-state index is 13.3. The number of carbonyl (C=O) groups excluding carboxylic acids is 1. The summed E-state index contributed by atoms with van der Waals surface area (Å²) in [7, 11) is 0. The van der Waals surface area contributed by atoms with E-state index in [1.807, 2.05) is 0 Å². The van der Waals surface area contributed by atoms with Crippen molar-refractivity contribution in [1.82, 2.24) is 5.32 Å². The molecule has 2 rings (SSSR count). The molecule has 0 bridgehead atoms. The van der Waals surface area contributed by atoms with E-state index in [1.165, 1.54) is 12.1 Å². The van der Waals surface area contributed by atoms with E-state index in [-0.39, 0.29) is 11.5 Å². The molecule has 92 valence electrons. The van der Waals surface area contributed by atoms with Gasteiger partial charge >= 0.3 is 0 Å². The van der Waals surface area contributed by atoms with Gasteiger partial charge in [0.25, 0.3) is 5.91 Å². The van der Waals surface area contributed by atoms with Gasteiger partial charge in [-0.2, -0.15) is 0 Å². The lowest BCUT2D eigenvalue weighted by atomic mass is 10.0. The number of carbonyl (C=O) groups is 1. The van der Waals surface area contributed by atoms with Gasteiger partial charge in [0.2, 0.25) is 0 Å². The molecule has 0 atom stereocenters. The molecule has 1 amide bonds. The molecule has 1 aliphatic heterocycles. The lowest BCUT2D eigenvalue weighted by Crippen LogP contribution is -2.32. The van der Waals surface area contributed by atoms with E-state index < -0.39 is 5.82 Å². The smallest absolute Gasteiger partial charge is 0.254 e. The highest BCUT2D eigenvalue weighted by molar-refractivity contribution is 5.94. The number of amides is 1. The van der Waals surface area contributed by atoms with Crippen LogP contribution < -0.4 is 5.32 Å². The van der Waals surface area contributed by atoms with E-state index in [2.05, 4.69) is 5.32 Å². The lowest BCUT2D eigenvalue weighted by Gasteiger charge is -2.22. The third-order valence-electron chi connectivity index (χ3n) is 3.01. The monoisotopic (exact) mass is 237 g/mol. The van der Waals surface area contributed by atoms with Gasteiger partial charge in [-0.15, -0.1) is 0 Å². The van der Waals surface area contributed by atoms with Gasteiger partial charge in [0.05, 0.1) is 5.56 Å². The van der Waals surface area contributed by atoms with Crippen molar-refractivity contribution in [2.45, 2.75) is 12.8 Å². The first-order valence-electron chi connectivity index (χ1n) is 5.88. The predicted octanol–water partition coefficient (Wildman–Crippen LogP) is 1.98. The molecule has 1 aromatic rings. The first-order chi connectivity index (χ1) is 8.27. The van der Waals surface area contributed by atoms with Crippen LogP contribution in [-0.4, -0.2) is 25.7 Å². The molecule has 0 radical (unpaired) electrons. The standard InChI is InChI=1S/C13H16FNO2/c14-12-4-2-1-3-11(12)13(16)15-9-10-5-7-17-8-6-10/h1-4,10H,5-9H2,(H,15,16). The van der Waals surface area contributed by atoms with E-state index >= 15 is 0 Å². The first-order valence-corrected chi connectivity index (χ1v) is 5.88. The number of ether oxygens (including phenoxy) is 1. The molecule has 1 aromatic carbocycles. The van der Waals surface area contributed by atoms with Crippen molar-refractivity contribution in [3.8, 4) is 0 Å². The van der Waals surface area contributed by atoms with Crippen LogP contribution in [0.25, 0.3) is 0 Å². The fourth-order valence-electron chi connectivity index (χ4n) is 1.93. The lowest BCUT2D eigenvalue weighted by molar-refractivity contribution is 0.0642. The van der Waals surface area contributed by atoms with E-state index in [4.69, 9.17) is 4.74 Å². The molecular formula is C13H16FNO2. The van der Waals surface area contributed by atoms with Crippen molar-refractivity contribution < 1.29 is 13.9 Å². The number of halogens is 1. The Hall–Kier alpha value is -1.42. The van der Waals surface area contributed by atoms with Crippen molar-refractivity contribution >= 4 is 5.91 Å². The number of benzene rings is 1. The summed E-state index contributed by atoms with van der Waals surface area (Å²) in [6.45, 7) is 2.09. The summed E-state index contributed by atoms with van der Waals surface area (Å²) < 4.78 is 18.6. The second-order valence-corrected chi connectivity index (χ2v) is 4.25. The molecule has 17 heavy (non-hydrogen) atoms. The molecule has 1 heterocycles. The molecule has 1 aliphatic rings. The van der Waals surface area contributed by atoms with Crippen LogP contribution in [0.5, 0.6) is 0 Å². The van der Waals surface area contributed by atoms with Crippen molar-refractivity contribution in [2.75, 3.05) is 19.8 Å². The zero-order valence-electron chi connectivity index (χ0n) is 9.62. The number of nitrogens with one attached hydrogen (secondary N) is 1. The van der Waals surface area contributed by atoms with E-state index in [0.29, 0.717) is 12.5 Å². The molecule has 0 unspecified atom stereocenters. The van der Waals surface area contributed by atoms with Crippen molar-refractivity contribution in [3.63, 3.8) is 0 Å². The van der Waals surface area contributed by atoms with Gasteiger partial charge in [-0.1, -0.05) is 12.1 Å². The SMILES string of the molecule is O=C(NCC1CCOCC1)c1ccccc1F. The Morgan fingerprint density at radius 1 is 1.35 bits per heavy atom. The minimum absolute atomic E-state index is 0.111. The fraction of sp³-hybridized carbons (Fsp3) is 0.462. The number of rotatable bonds is 3. The molecule has 1 fully saturated rings. The van der Waals surface area contributed by atoms with Crippen LogP contribution in [-0.2, 0) is 4.74 Å². The Morgan fingerprint density at radius 2 is 2.06 bits per heavy atom. The molecule has 1 N–H and O–H groups in total. The average molecular weight is 237 g/mol. The fourth-order valence-corrected chi connectivity index (χ4v) is 1.93. The van der Waals surface area contributed by atoms with Gasteiger partial charge in [0, 0.05) is 19.8 Å². The Balaban J connectivity index is 1.87. The molecule has 0 aromatic heterocycles. The van der Waals surface area contributed by atoms with Gasteiger partial charge in [-0.25, -0.2) is 4.39 Å². The molecule has 0 aliphatic carbocycles. The van der Waals surface area contributed by atoms with Crippen LogP contribution in [0.15, 0.2) is 24.3 Å². The summed E-state index contributed by atoms with van der Waals surface area (Å²) in [6.07, 6.45) is 1.91. The minimum atomic E-state index is -0.475. The summed E-state index contributed by atoms with van der Waals surface area (Å²) >= 11 is 0. The third-order valence-corrected chi connectivity index (χ3v) is 3.01. The van der Waals surface area contributed by atoms with Crippen molar-refractivity contribution in [1.29, 1.82) is 0 Å². The zero-order chi connectivity index (χ0) is 12.1. The van der Waals surface area contributed by atoms with Gasteiger partial charge < -0.3 is 10.1 Å². The second-order valence-electron chi connectivity index (χ2n) is 4.25. The summed E-state index contributed by atoms with van der Waals surface area (Å²) in [5, 5.41) is 2.78. The van der Waals surface area contributed by atoms with Crippen molar-refractivity contribution in [2.24, 2.45) is 5.92 Å². The van der Waals surface area contributed by atoms with Gasteiger partial charge in [-0.05, 0) is 30.9 Å². The van der Waals surface area contributed by atoms with Gasteiger partial charge in [0.15, 0.2) is 0 Å². The summed E-state index contributed by atoms with van der Waals surface area (Å²) in [5.41, 5.74) is 0.111. The zero-order valence-corrected chi connectivity index (χ0v) is 9.62. The van der Waals surface area contributed by atoms with Gasteiger partial charge in [0.1, 0.15) is 5.82 Å². The molecule has 4 heteroatoms. The largest absolute Gasteiger partial charge is 0.381 e. The summed E-state index contributed by atoms with van der Waals surface area (Å²) in [5.74, 6) is -0.369. The topological polar surface area (TPSA) is 38.3 Å². The van der Waals surface area contributed by atoms with E-state index in [1.54, 1.807) is 12.1 Å². The second kappa shape index (κ2) is 5.77. The Morgan fingerprint density at radius 3 is 2.76 bits per heavy atom. The maximum Gasteiger partial charge on any atom is 0.254 e. The highest BCUT2D eigenvalue weighted by Gasteiger charge is 2.16. The molecule has 3 nitrogen and oxygen atoms in total. The summed E-state index contributed by atoms with van der Waals surface area (Å²) in [6, 6.07) is 6.02.